The maximum absolute atomic E-state index is 6.09. The molecule has 2 heterocycles. The minimum atomic E-state index is 0.459. The van der Waals surface area contributed by atoms with Gasteiger partial charge in [-0.2, -0.15) is 0 Å². The highest BCUT2D eigenvalue weighted by molar-refractivity contribution is 6.30. The second-order valence-corrected chi connectivity index (χ2v) is 7.44. The van der Waals surface area contributed by atoms with Crippen LogP contribution < -0.4 is 5.32 Å². The van der Waals surface area contributed by atoms with E-state index in [2.05, 4.69) is 52.5 Å². The minimum Gasteiger partial charge on any atom is -0.357 e. The molecule has 1 aliphatic rings. The van der Waals surface area contributed by atoms with Crippen LogP contribution in [-0.4, -0.2) is 84.6 Å². The molecule has 0 radical (unpaired) electrons. The van der Waals surface area contributed by atoms with Crippen LogP contribution in [0.25, 0.3) is 0 Å². The predicted molar refractivity (Wildman–Crippen MR) is 106 cm³/mol. The number of piperazine rings is 1. The summed E-state index contributed by atoms with van der Waals surface area (Å²) in [6.07, 6.45) is 1.93. The number of guanidine groups is 1. The number of likely N-dealkylation sites (N-methyl/N-ethyl adjacent to an activating group) is 1. The average Bonchev–Trinajstić information content (AvgIpc) is 2.89. The van der Waals surface area contributed by atoms with Crippen molar-refractivity contribution >= 4 is 17.6 Å². The molecule has 1 aliphatic heterocycles. The van der Waals surface area contributed by atoms with Crippen LogP contribution in [0, 0.1) is 0 Å². The van der Waals surface area contributed by atoms with Gasteiger partial charge in [0.15, 0.2) is 5.96 Å². The third-order valence-corrected chi connectivity index (χ3v) is 5.04. The van der Waals surface area contributed by atoms with Crippen molar-refractivity contribution in [3.05, 3.63) is 23.0 Å². The van der Waals surface area contributed by atoms with Crippen LogP contribution >= 0.6 is 11.6 Å². The third-order valence-electron chi connectivity index (χ3n) is 4.84. The van der Waals surface area contributed by atoms with Gasteiger partial charge in [-0.3, -0.25) is 9.89 Å². The van der Waals surface area contributed by atoms with Crippen LogP contribution in [-0.2, 0) is 13.6 Å². The predicted octanol–water partition coefficient (Wildman–Crippen LogP) is 1.71. The fraction of sp³-hybridized carbons (Fsp3) is 0.722. The Morgan fingerprint density at radius 1 is 1.32 bits per heavy atom. The Kier molecular flexibility index (Phi) is 7.59. The zero-order valence-corrected chi connectivity index (χ0v) is 17.1. The largest absolute Gasteiger partial charge is 0.357 e. The van der Waals surface area contributed by atoms with Crippen LogP contribution in [0.5, 0.6) is 0 Å². The molecule has 0 amide bonds. The lowest BCUT2D eigenvalue weighted by atomic mass is 10.2. The van der Waals surface area contributed by atoms with Gasteiger partial charge in [-0.05, 0) is 27.0 Å². The number of rotatable bonds is 6. The molecular formula is C18H33ClN6. The molecule has 6 nitrogen and oxygen atoms in total. The smallest absolute Gasteiger partial charge is 0.194 e. The van der Waals surface area contributed by atoms with Crippen LogP contribution in [0.2, 0.25) is 5.02 Å². The summed E-state index contributed by atoms with van der Waals surface area (Å²) in [5.41, 5.74) is 1.17. The summed E-state index contributed by atoms with van der Waals surface area (Å²) in [7, 11) is 6.28. The number of hydrogen-bond donors (Lipinski definition) is 1. The first-order chi connectivity index (χ1) is 11.9. The first-order valence-corrected chi connectivity index (χ1v) is 9.51. The summed E-state index contributed by atoms with van der Waals surface area (Å²) in [6.45, 7) is 11.4. The van der Waals surface area contributed by atoms with Crippen LogP contribution in [0.15, 0.2) is 17.3 Å². The monoisotopic (exact) mass is 368 g/mol. The highest BCUT2D eigenvalue weighted by atomic mass is 35.5. The Balaban J connectivity index is 1.95. The normalized spacial score (nSPS) is 18.4. The van der Waals surface area contributed by atoms with Gasteiger partial charge in [0, 0.05) is 64.8 Å². The van der Waals surface area contributed by atoms with Crippen LogP contribution in [0.4, 0.5) is 0 Å². The fourth-order valence-electron chi connectivity index (χ4n) is 3.11. The van der Waals surface area contributed by atoms with E-state index in [4.69, 9.17) is 16.6 Å². The maximum atomic E-state index is 6.09. The molecule has 1 saturated heterocycles. The Morgan fingerprint density at radius 2 is 2.00 bits per heavy atom. The molecule has 1 aromatic heterocycles. The van der Waals surface area contributed by atoms with Gasteiger partial charge in [-0.1, -0.05) is 11.6 Å². The molecule has 0 aliphatic carbocycles. The third kappa shape index (κ3) is 5.90. The SMILES string of the molecule is CCNC(=NCC(C)N1CCN(C)CC1)N(C)Cc1cc(Cl)cn1C. The van der Waals surface area contributed by atoms with E-state index in [9.17, 15) is 0 Å². The molecule has 0 spiro atoms. The second-order valence-electron chi connectivity index (χ2n) is 7.00. The molecule has 1 fully saturated rings. The molecule has 0 bridgehead atoms. The molecule has 1 aromatic rings. The molecule has 7 heteroatoms. The number of nitrogens with one attached hydrogen (secondary N) is 1. The zero-order chi connectivity index (χ0) is 18.4. The number of aromatic nitrogens is 1. The van der Waals surface area contributed by atoms with Crippen molar-refractivity contribution in [2.45, 2.75) is 26.4 Å². The van der Waals surface area contributed by atoms with Crippen molar-refractivity contribution in [3.63, 3.8) is 0 Å². The molecule has 0 aromatic carbocycles. The van der Waals surface area contributed by atoms with E-state index in [-0.39, 0.29) is 0 Å². The molecule has 0 saturated carbocycles. The second kappa shape index (κ2) is 9.46. The summed E-state index contributed by atoms with van der Waals surface area (Å²) >= 11 is 6.09. The number of nitrogens with zero attached hydrogens (tertiary/aromatic N) is 5. The lowest BCUT2D eigenvalue weighted by Crippen LogP contribution is -2.49. The van der Waals surface area contributed by atoms with Gasteiger partial charge in [0.2, 0.25) is 0 Å². The summed E-state index contributed by atoms with van der Waals surface area (Å²) in [5, 5.41) is 4.18. The number of hydrogen-bond acceptors (Lipinski definition) is 3. The van der Waals surface area contributed by atoms with Gasteiger partial charge < -0.3 is 19.7 Å². The average molecular weight is 369 g/mol. The van der Waals surface area contributed by atoms with Crippen LogP contribution in [0.1, 0.15) is 19.5 Å². The van der Waals surface area contributed by atoms with E-state index >= 15 is 0 Å². The molecule has 1 N–H and O–H groups in total. The highest BCUT2D eigenvalue weighted by Crippen LogP contribution is 2.14. The summed E-state index contributed by atoms with van der Waals surface area (Å²) in [5.74, 6) is 0.945. The van der Waals surface area contributed by atoms with Crippen molar-refractivity contribution < 1.29 is 0 Å². The van der Waals surface area contributed by atoms with Crippen molar-refractivity contribution in [3.8, 4) is 0 Å². The lowest BCUT2D eigenvalue weighted by molar-refractivity contribution is 0.122. The lowest BCUT2D eigenvalue weighted by Gasteiger charge is -2.36. The van der Waals surface area contributed by atoms with E-state index in [1.165, 1.54) is 5.69 Å². The highest BCUT2D eigenvalue weighted by Gasteiger charge is 2.19. The molecule has 25 heavy (non-hydrogen) atoms. The van der Waals surface area contributed by atoms with Gasteiger partial charge in [-0.15, -0.1) is 0 Å². The van der Waals surface area contributed by atoms with Gasteiger partial charge in [0.1, 0.15) is 0 Å². The number of halogens is 1. The first kappa shape index (κ1) is 20.1. The Morgan fingerprint density at radius 3 is 2.56 bits per heavy atom. The maximum Gasteiger partial charge on any atom is 0.194 e. The van der Waals surface area contributed by atoms with Crippen molar-refractivity contribution in [2.24, 2.45) is 12.0 Å². The number of aliphatic imine (C=N–C) groups is 1. The standard InChI is InChI=1S/C18H33ClN6/c1-6-20-18(24(5)14-17-11-16(19)13-23(17)4)21-12-15(2)25-9-7-22(3)8-10-25/h11,13,15H,6-10,12,14H2,1-5H3,(H,20,21). The minimum absolute atomic E-state index is 0.459. The summed E-state index contributed by atoms with van der Waals surface area (Å²) < 4.78 is 2.06. The fourth-order valence-corrected chi connectivity index (χ4v) is 3.38. The van der Waals surface area contributed by atoms with Gasteiger partial charge in [0.25, 0.3) is 0 Å². The van der Waals surface area contributed by atoms with Gasteiger partial charge >= 0.3 is 0 Å². The molecule has 1 atom stereocenters. The number of aryl methyl sites for hydroxylation is 1. The first-order valence-electron chi connectivity index (χ1n) is 9.13. The quantitative estimate of drug-likeness (QED) is 0.613. The zero-order valence-electron chi connectivity index (χ0n) is 16.3. The molecule has 1 unspecified atom stereocenters. The van der Waals surface area contributed by atoms with Crippen molar-refractivity contribution in [2.75, 3.05) is 53.4 Å². The summed E-state index contributed by atoms with van der Waals surface area (Å²) in [4.78, 5) is 11.9. The van der Waals surface area contributed by atoms with E-state index in [1.54, 1.807) is 0 Å². The van der Waals surface area contributed by atoms with Crippen molar-refractivity contribution in [1.29, 1.82) is 0 Å². The van der Waals surface area contributed by atoms with Gasteiger partial charge in [0.05, 0.1) is 18.1 Å². The summed E-state index contributed by atoms with van der Waals surface area (Å²) in [6, 6.07) is 2.47. The Labute approximate surface area is 157 Å². The molecule has 142 valence electrons. The van der Waals surface area contributed by atoms with Gasteiger partial charge in [-0.25, -0.2) is 0 Å². The topological polar surface area (TPSA) is 39.0 Å². The Bertz CT molecular complexity index is 562. The van der Waals surface area contributed by atoms with E-state index in [0.717, 1.165) is 56.8 Å². The van der Waals surface area contributed by atoms with E-state index in [0.29, 0.717) is 6.04 Å². The molecular weight excluding hydrogens is 336 g/mol. The Hall–Kier alpha value is -1.24. The van der Waals surface area contributed by atoms with E-state index < -0.39 is 0 Å². The van der Waals surface area contributed by atoms with E-state index in [1.807, 2.05) is 19.3 Å². The molecule has 2 rings (SSSR count). The van der Waals surface area contributed by atoms with Crippen molar-refractivity contribution in [1.82, 2.24) is 24.6 Å². The van der Waals surface area contributed by atoms with Crippen LogP contribution in [0.3, 0.4) is 0 Å².